The first kappa shape index (κ1) is 69.9. The van der Waals surface area contributed by atoms with Crippen LogP contribution < -0.4 is 9.80 Å². The highest BCUT2D eigenvalue weighted by atomic mass is 32.1. The SMILES string of the molecule is c1ccc(-c2ccccc2-c2c(-c3ccccc3)cccc2N(c2ccc(-c3cc(-c4cccc(-n5c6ccccc6c6cc(N(c7ccc(-c8cccc9c8sc8ccccc89)cc7)c7cccc(-c8ccccc8)c7-c7ccccc7-c7ccccc7)ccc65)c4)c4oc5ccccc5c4c3)cc2)c2ccc3c(c2)oc2ccccc23)cc1. The minimum atomic E-state index is 0.820. The van der Waals surface area contributed by atoms with Gasteiger partial charge in [0.1, 0.15) is 22.3 Å². The van der Waals surface area contributed by atoms with Gasteiger partial charge in [-0.1, -0.05) is 322 Å². The molecule has 0 amide bonds. The van der Waals surface area contributed by atoms with Crippen molar-refractivity contribution in [3.63, 3.8) is 0 Å². The van der Waals surface area contributed by atoms with Crippen LogP contribution in [0.2, 0.25) is 0 Å². The van der Waals surface area contributed by atoms with E-state index in [0.717, 1.165) is 195 Å². The van der Waals surface area contributed by atoms with E-state index >= 15 is 0 Å². The largest absolute Gasteiger partial charge is 0.456 e. The Morgan fingerprint density at radius 2 is 0.633 bits per heavy atom. The van der Waals surface area contributed by atoms with Gasteiger partial charge >= 0.3 is 0 Å². The number of anilines is 6. The summed E-state index contributed by atoms with van der Waals surface area (Å²) in [5.74, 6) is 0. The molecule has 562 valence electrons. The van der Waals surface area contributed by atoms with Gasteiger partial charge in [-0.05, 0) is 199 Å². The fraction of sp³-hybridized carbons (Fsp3) is 0. The number of rotatable bonds is 16. The summed E-state index contributed by atoms with van der Waals surface area (Å²) in [6, 6.07) is 162. The first-order valence-corrected chi connectivity index (χ1v) is 41.7. The number of fused-ring (bicyclic) bond motifs is 12. The van der Waals surface area contributed by atoms with Crippen LogP contribution in [0.15, 0.2) is 452 Å². The first-order valence-electron chi connectivity index (χ1n) is 40.9. The maximum atomic E-state index is 7.06. The number of hydrogen-bond acceptors (Lipinski definition) is 5. The Balaban J connectivity index is 0.673. The monoisotopic (exact) mass is 1550 g/mol. The molecular weight excluding hydrogens is 1480 g/mol. The van der Waals surface area contributed by atoms with Gasteiger partial charge in [-0.2, -0.15) is 0 Å². The third-order valence-corrected chi connectivity index (χ3v) is 25.2. The predicted octanol–water partition coefficient (Wildman–Crippen LogP) is 32.9. The quantitative estimate of drug-likeness (QED) is 0.0966. The van der Waals surface area contributed by atoms with Gasteiger partial charge in [-0.15, -0.1) is 11.3 Å². The van der Waals surface area contributed by atoms with Crippen LogP contribution in [0.25, 0.3) is 192 Å². The lowest BCUT2D eigenvalue weighted by atomic mass is 9.87. The van der Waals surface area contributed by atoms with E-state index in [1.807, 2.05) is 17.4 Å². The highest BCUT2D eigenvalue weighted by Gasteiger charge is 2.28. The number of aromatic nitrogens is 1. The third-order valence-electron chi connectivity index (χ3n) is 24.0. The second-order valence-electron chi connectivity index (χ2n) is 30.9. The highest BCUT2D eigenvalue weighted by molar-refractivity contribution is 7.26. The summed E-state index contributed by atoms with van der Waals surface area (Å²) in [7, 11) is 0. The molecule has 6 heteroatoms. The van der Waals surface area contributed by atoms with Gasteiger partial charge in [0.05, 0.1) is 22.4 Å². The summed E-state index contributed by atoms with van der Waals surface area (Å²) < 4.78 is 18.8. The number of para-hydroxylation sites is 3. The van der Waals surface area contributed by atoms with Gasteiger partial charge < -0.3 is 23.2 Å². The van der Waals surface area contributed by atoms with Crippen molar-refractivity contribution in [3.05, 3.63) is 443 Å². The van der Waals surface area contributed by atoms with E-state index in [0.29, 0.717) is 0 Å². The van der Waals surface area contributed by atoms with E-state index in [-0.39, 0.29) is 0 Å². The summed E-state index contributed by atoms with van der Waals surface area (Å²) in [5, 5.41) is 9.12. The van der Waals surface area contributed by atoms with Crippen LogP contribution in [0, 0.1) is 0 Å². The van der Waals surface area contributed by atoms with E-state index < -0.39 is 0 Å². The Labute approximate surface area is 698 Å². The number of benzene rings is 19. The minimum absolute atomic E-state index is 0.820. The standard InChI is InChI=1S/C114H73N3O2S/c1-5-29-75(30-6-1)87-39-13-15-45-97(87)111-89(77-33-9-3-10-34-77)47-27-52-105(111)115(83-63-59-79(60-64-83)91-49-26-50-99-96-44-20-24-56-110(96)120-114(91)99)85-66-68-104-101(72-85)92-41-17-21-51-103(92)117(104)84-38-25-37-80(69-84)100-70-81(71-102-94-43-19-23-55-108(94)119-113(100)102)74-57-61-82(62-58-74)116(86-65-67-95-93-42-18-22-54-107(93)118-109(95)73-86)106-53-28-48-90(78-35-11-4-12-36-78)112(106)98-46-16-14-40-88(98)76-31-7-2-8-32-76/h1-73H. The molecule has 4 heterocycles. The summed E-state index contributed by atoms with van der Waals surface area (Å²) in [6.45, 7) is 0. The van der Waals surface area contributed by atoms with Gasteiger partial charge in [0.25, 0.3) is 0 Å². The highest BCUT2D eigenvalue weighted by Crippen LogP contribution is 2.53. The van der Waals surface area contributed by atoms with Gasteiger partial charge in [0.2, 0.25) is 0 Å². The van der Waals surface area contributed by atoms with Gasteiger partial charge in [0.15, 0.2) is 0 Å². The number of furan rings is 2. The van der Waals surface area contributed by atoms with E-state index in [1.165, 1.54) is 31.3 Å². The van der Waals surface area contributed by atoms with Crippen molar-refractivity contribution < 1.29 is 8.83 Å². The van der Waals surface area contributed by atoms with E-state index in [9.17, 15) is 0 Å². The maximum Gasteiger partial charge on any atom is 0.143 e. The lowest BCUT2D eigenvalue weighted by Crippen LogP contribution is -2.12. The van der Waals surface area contributed by atoms with Crippen LogP contribution in [0.5, 0.6) is 0 Å². The van der Waals surface area contributed by atoms with E-state index in [2.05, 4.69) is 451 Å². The predicted molar refractivity (Wildman–Crippen MR) is 507 cm³/mol. The topological polar surface area (TPSA) is 37.7 Å². The number of thiophene rings is 1. The van der Waals surface area contributed by atoms with Crippen molar-refractivity contribution in [2.45, 2.75) is 0 Å². The molecule has 120 heavy (non-hydrogen) atoms. The molecule has 0 atom stereocenters. The fourth-order valence-corrected chi connectivity index (χ4v) is 19.8. The Hall–Kier alpha value is -15.6. The van der Waals surface area contributed by atoms with E-state index in [4.69, 9.17) is 8.83 Å². The molecule has 0 N–H and O–H groups in total. The molecule has 0 bridgehead atoms. The Morgan fingerprint density at radius 3 is 1.26 bits per heavy atom. The molecule has 0 saturated carbocycles. The van der Waals surface area contributed by atoms with Crippen molar-refractivity contribution >= 4 is 131 Å². The second-order valence-corrected chi connectivity index (χ2v) is 31.9. The van der Waals surface area contributed by atoms with Crippen molar-refractivity contribution in [3.8, 4) is 106 Å². The average molecular weight is 1550 g/mol. The molecule has 19 aromatic carbocycles. The molecule has 0 aliphatic carbocycles. The van der Waals surface area contributed by atoms with Gasteiger partial charge in [-0.25, -0.2) is 0 Å². The molecule has 0 aliphatic heterocycles. The Bertz CT molecular complexity index is 7900. The van der Waals surface area contributed by atoms with Crippen LogP contribution in [0.3, 0.4) is 0 Å². The van der Waals surface area contributed by atoms with Crippen LogP contribution in [0.1, 0.15) is 0 Å². The number of hydrogen-bond donors (Lipinski definition) is 0. The van der Waals surface area contributed by atoms with Crippen LogP contribution in [-0.4, -0.2) is 4.57 Å². The normalized spacial score (nSPS) is 11.7. The number of nitrogens with zero attached hydrogens (tertiary/aromatic N) is 3. The van der Waals surface area contributed by atoms with Crippen molar-refractivity contribution in [2.75, 3.05) is 9.80 Å². The molecule has 5 nitrogen and oxygen atoms in total. The van der Waals surface area contributed by atoms with Gasteiger partial charge in [-0.3, -0.25) is 0 Å². The van der Waals surface area contributed by atoms with E-state index in [1.54, 1.807) is 0 Å². The fourth-order valence-electron chi connectivity index (χ4n) is 18.6. The lowest BCUT2D eigenvalue weighted by Gasteiger charge is -2.30. The third kappa shape index (κ3) is 12.0. The first-order chi connectivity index (χ1) is 59.5. The molecule has 0 fully saturated rings. The lowest BCUT2D eigenvalue weighted by molar-refractivity contribution is 0.669. The second kappa shape index (κ2) is 29.3. The molecular formula is C114H73N3O2S. The summed E-state index contributed by atoms with van der Waals surface area (Å²) >= 11 is 1.87. The smallest absolute Gasteiger partial charge is 0.143 e. The minimum Gasteiger partial charge on any atom is -0.456 e. The molecule has 4 aromatic heterocycles. The molecule has 23 rings (SSSR count). The Morgan fingerprint density at radius 1 is 0.208 bits per heavy atom. The maximum absolute atomic E-state index is 7.06. The molecule has 0 saturated heterocycles. The zero-order chi connectivity index (χ0) is 79.1. The molecule has 0 spiro atoms. The zero-order valence-electron chi connectivity index (χ0n) is 65.2. The summed E-state index contributed by atoms with van der Waals surface area (Å²) in [5.41, 5.74) is 32.9. The van der Waals surface area contributed by atoms with Crippen LogP contribution in [-0.2, 0) is 0 Å². The van der Waals surface area contributed by atoms with Crippen molar-refractivity contribution in [2.24, 2.45) is 0 Å². The molecule has 0 radical (unpaired) electrons. The Kier molecular flexibility index (Phi) is 17.1. The van der Waals surface area contributed by atoms with Crippen LogP contribution >= 0.6 is 11.3 Å². The van der Waals surface area contributed by atoms with Crippen LogP contribution in [0.4, 0.5) is 34.1 Å². The summed E-state index contributed by atoms with van der Waals surface area (Å²) in [4.78, 5) is 4.90. The van der Waals surface area contributed by atoms with Crippen molar-refractivity contribution in [1.82, 2.24) is 4.57 Å². The van der Waals surface area contributed by atoms with Gasteiger partial charge in [0, 0.05) is 104 Å². The zero-order valence-corrected chi connectivity index (χ0v) is 66.0. The van der Waals surface area contributed by atoms with Crippen molar-refractivity contribution in [1.29, 1.82) is 0 Å². The molecule has 23 aromatic rings. The summed E-state index contributed by atoms with van der Waals surface area (Å²) in [6.07, 6.45) is 0. The molecule has 0 aliphatic rings. The molecule has 0 unspecified atom stereocenters. The average Bonchev–Trinajstić information content (AvgIpc) is 1.55.